The average Bonchev–Trinajstić information content (AvgIpc) is 2.93. The molecule has 3 N–H and O–H groups in total. The van der Waals surface area contributed by atoms with Gasteiger partial charge in [0.2, 0.25) is 0 Å². The van der Waals surface area contributed by atoms with E-state index in [1.54, 1.807) is 16.8 Å². The SMILES string of the molecule is CN(CC1CCC(Nc2ccc(N(O)O)c(C(F)(F)F)c2)CC1)C(=O)N1CCN(c2ccc(C(F)(F)F)cc2)CC1. The van der Waals surface area contributed by atoms with Crippen LogP contribution in [-0.2, 0) is 12.4 Å². The Hall–Kier alpha value is -3.39. The summed E-state index contributed by atoms with van der Waals surface area (Å²) in [6.45, 7) is 2.45. The van der Waals surface area contributed by atoms with Gasteiger partial charge in [0.25, 0.3) is 0 Å². The van der Waals surface area contributed by atoms with Gasteiger partial charge in [-0.15, -0.1) is 5.23 Å². The smallest absolute Gasteiger partial charge is 0.382 e. The van der Waals surface area contributed by atoms with Crippen LogP contribution in [0.15, 0.2) is 42.5 Å². The van der Waals surface area contributed by atoms with Gasteiger partial charge >= 0.3 is 18.4 Å². The van der Waals surface area contributed by atoms with Crippen molar-refractivity contribution in [2.24, 2.45) is 5.92 Å². The molecule has 2 fully saturated rings. The van der Waals surface area contributed by atoms with Crippen LogP contribution in [0.4, 0.5) is 48.2 Å². The third-order valence-electron chi connectivity index (χ3n) is 7.70. The van der Waals surface area contributed by atoms with Crippen LogP contribution >= 0.6 is 0 Å². The van der Waals surface area contributed by atoms with Crippen molar-refractivity contribution in [1.82, 2.24) is 9.80 Å². The predicted octanol–water partition coefficient (Wildman–Crippen LogP) is 6.15. The fourth-order valence-electron chi connectivity index (χ4n) is 5.48. The summed E-state index contributed by atoms with van der Waals surface area (Å²) in [5.41, 5.74) is -1.72. The van der Waals surface area contributed by atoms with Crippen LogP contribution in [-0.4, -0.2) is 72.1 Å². The second-order valence-corrected chi connectivity index (χ2v) is 10.6. The van der Waals surface area contributed by atoms with E-state index in [1.807, 2.05) is 4.90 Å². The summed E-state index contributed by atoms with van der Waals surface area (Å²) in [7, 11) is 1.74. The third-order valence-corrected chi connectivity index (χ3v) is 7.70. The van der Waals surface area contributed by atoms with Crippen LogP contribution < -0.4 is 15.4 Å². The topological polar surface area (TPSA) is 82.5 Å². The quantitative estimate of drug-likeness (QED) is 0.277. The fraction of sp³-hybridized carbons (Fsp3) is 0.519. The standard InChI is InChI=1S/C27H33F6N5O3/c1-35(25(39)37-14-12-36(13-15-37)22-9-4-19(5-10-22)26(28,29)30)17-18-2-6-20(7-3-18)34-21-8-11-24(38(40)41)23(16-21)27(31,32)33/h4-5,8-11,16,18,20,34,40-41H,2-3,6-7,12-15,17H2,1H3. The van der Waals surface area contributed by atoms with E-state index in [1.165, 1.54) is 18.2 Å². The maximum atomic E-state index is 13.3. The second-order valence-electron chi connectivity index (χ2n) is 10.6. The number of carbonyl (C=O) groups excluding carboxylic acids is 1. The van der Waals surface area contributed by atoms with Crippen LogP contribution in [0.3, 0.4) is 0 Å². The number of halogens is 6. The Bertz CT molecular complexity index is 1180. The highest BCUT2D eigenvalue weighted by Gasteiger charge is 2.36. The summed E-state index contributed by atoms with van der Waals surface area (Å²) in [5.74, 6) is 0.237. The molecule has 41 heavy (non-hydrogen) atoms. The maximum absolute atomic E-state index is 13.3. The van der Waals surface area contributed by atoms with Gasteiger partial charge in [-0.05, 0) is 74.1 Å². The van der Waals surface area contributed by atoms with E-state index in [4.69, 9.17) is 10.4 Å². The molecule has 1 heterocycles. The highest BCUT2D eigenvalue weighted by Crippen LogP contribution is 2.38. The zero-order valence-electron chi connectivity index (χ0n) is 22.4. The van der Waals surface area contributed by atoms with E-state index < -0.39 is 34.4 Å². The molecule has 4 rings (SSSR count). The molecule has 0 atom stereocenters. The molecule has 226 valence electrons. The highest BCUT2D eigenvalue weighted by molar-refractivity contribution is 5.74. The van der Waals surface area contributed by atoms with E-state index in [2.05, 4.69) is 5.32 Å². The number of rotatable bonds is 6. The molecule has 0 unspecified atom stereocenters. The largest absolute Gasteiger partial charge is 0.418 e. The lowest BCUT2D eigenvalue weighted by Gasteiger charge is -2.39. The summed E-state index contributed by atoms with van der Waals surface area (Å²) in [5, 5.41) is 20.8. The lowest BCUT2D eigenvalue weighted by Crippen LogP contribution is -2.52. The number of anilines is 3. The zero-order chi connectivity index (χ0) is 29.9. The van der Waals surface area contributed by atoms with Crippen molar-refractivity contribution >= 4 is 23.1 Å². The van der Waals surface area contributed by atoms with Crippen LogP contribution in [0, 0.1) is 5.92 Å². The molecule has 0 aromatic heterocycles. The van der Waals surface area contributed by atoms with Gasteiger partial charge < -0.3 is 20.0 Å². The number of nitrogens with one attached hydrogen (secondary N) is 1. The number of urea groups is 1. The first-order valence-corrected chi connectivity index (χ1v) is 13.3. The molecule has 2 aliphatic rings. The van der Waals surface area contributed by atoms with E-state index in [9.17, 15) is 31.1 Å². The molecule has 0 spiro atoms. The van der Waals surface area contributed by atoms with Gasteiger partial charge in [0.1, 0.15) is 5.69 Å². The summed E-state index contributed by atoms with van der Waals surface area (Å²) >= 11 is 0. The molecule has 0 bridgehead atoms. The summed E-state index contributed by atoms with van der Waals surface area (Å²) < 4.78 is 78.5. The predicted molar refractivity (Wildman–Crippen MR) is 140 cm³/mol. The second kappa shape index (κ2) is 12.2. The molecule has 0 radical (unpaired) electrons. The van der Waals surface area contributed by atoms with Crippen LogP contribution in [0.2, 0.25) is 0 Å². The van der Waals surface area contributed by atoms with Crippen molar-refractivity contribution in [3.63, 3.8) is 0 Å². The maximum Gasteiger partial charge on any atom is 0.418 e. The first kappa shape index (κ1) is 30.6. The van der Waals surface area contributed by atoms with Crippen LogP contribution in [0.5, 0.6) is 0 Å². The molecule has 1 saturated carbocycles. The number of hydrogen-bond acceptors (Lipinski definition) is 6. The number of alkyl halides is 6. The normalized spacial score (nSPS) is 20.1. The van der Waals surface area contributed by atoms with Gasteiger partial charge in [-0.2, -0.15) is 26.3 Å². The number of benzene rings is 2. The zero-order valence-corrected chi connectivity index (χ0v) is 22.4. The van der Waals surface area contributed by atoms with E-state index in [0.29, 0.717) is 51.3 Å². The molecule has 1 aliphatic heterocycles. The van der Waals surface area contributed by atoms with E-state index in [-0.39, 0.29) is 23.7 Å². The molecule has 1 saturated heterocycles. The summed E-state index contributed by atoms with van der Waals surface area (Å²) in [6, 6.07) is 8.03. The molecule has 8 nitrogen and oxygen atoms in total. The Morgan fingerprint density at radius 1 is 0.902 bits per heavy atom. The number of amides is 2. The lowest BCUT2D eigenvalue weighted by molar-refractivity contribution is -0.139. The Labute approximate surface area is 233 Å². The number of piperazine rings is 1. The van der Waals surface area contributed by atoms with Crippen molar-refractivity contribution in [3.05, 3.63) is 53.6 Å². The van der Waals surface area contributed by atoms with E-state index >= 15 is 0 Å². The van der Waals surface area contributed by atoms with Gasteiger partial charge in [-0.25, -0.2) is 4.79 Å². The number of hydrogen-bond donors (Lipinski definition) is 3. The molecule has 2 amide bonds. The third kappa shape index (κ3) is 7.67. The minimum atomic E-state index is -4.76. The van der Waals surface area contributed by atoms with Crippen LogP contribution in [0.25, 0.3) is 0 Å². The molecule has 2 aromatic rings. The van der Waals surface area contributed by atoms with Crippen molar-refractivity contribution < 1.29 is 41.6 Å². The van der Waals surface area contributed by atoms with Crippen molar-refractivity contribution in [3.8, 4) is 0 Å². The molecule has 1 aliphatic carbocycles. The Morgan fingerprint density at radius 2 is 1.51 bits per heavy atom. The van der Waals surface area contributed by atoms with Gasteiger partial charge in [0.15, 0.2) is 0 Å². The Balaban J connectivity index is 1.22. The number of nitrogens with zero attached hydrogens (tertiary/aromatic N) is 4. The van der Waals surface area contributed by atoms with E-state index in [0.717, 1.165) is 37.1 Å². The van der Waals surface area contributed by atoms with Crippen LogP contribution in [0.1, 0.15) is 36.8 Å². The van der Waals surface area contributed by atoms with Gasteiger partial charge in [-0.3, -0.25) is 10.4 Å². The van der Waals surface area contributed by atoms with Crippen molar-refractivity contribution in [2.75, 3.05) is 55.2 Å². The summed E-state index contributed by atoms with van der Waals surface area (Å²) in [6.07, 6.45) is -6.19. The highest BCUT2D eigenvalue weighted by atomic mass is 19.4. The van der Waals surface area contributed by atoms with Crippen molar-refractivity contribution in [1.29, 1.82) is 0 Å². The molecular weight excluding hydrogens is 556 g/mol. The van der Waals surface area contributed by atoms with Crippen molar-refractivity contribution in [2.45, 2.75) is 44.1 Å². The average molecular weight is 590 g/mol. The number of carbonyl (C=O) groups is 1. The minimum Gasteiger partial charge on any atom is -0.382 e. The summed E-state index contributed by atoms with van der Waals surface area (Å²) in [4.78, 5) is 18.4. The molecule has 14 heteroatoms. The molecule has 2 aromatic carbocycles. The first-order chi connectivity index (χ1) is 19.2. The van der Waals surface area contributed by atoms with Gasteiger partial charge in [0, 0.05) is 57.2 Å². The fourth-order valence-corrected chi connectivity index (χ4v) is 5.48. The van der Waals surface area contributed by atoms with Gasteiger partial charge in [-0.1, -0.05) is 0 Å². The monoisotopic (exact) mass is 589 g/mol. The first-order valence-electron chi connectivity index (χ1n) is 13.3. The minimum absolute atomic E-state index is 0.0585. The Morgan fingerprint density at radius 3 is 2.05 bits per heavy atom. The van der Waals surface area contributed by atoms with Gasteiger partial charge in [0.05, 0.1) is 11.1 Å². The Kier molecular flexibility index (Phi) is 9.12. The molecular formula is C27H33F6N5O3. The lowest BCUT2D eigenvalue weighted by atomic mass is 9.85.